The molecule has 0 aromatic carbocycles. The highest BCUT2D eigenvalue weighted by molar-refractivity contribution is 6.35. The van der Waals surface area contributed by atoms with Gasteiger partial charge in [0, 0.05) is 32.7 Å². The molecule has 0 saturated carbocycles. The summed E-state index contributed by atoms with van der Waals surface area (Å²) in [5.74, 6) is -0.592. The molecule has 1 N–H and O–H groups in total. The number of nitrogens with zero attached hydrogens (tertiary/aromatic N) is 2. The Morgan fingerprint density at radius 1 is 1.10 bits per heavy atom. The summed E-state index contributed by atoms with van der Waals surface area (Å²) in [6.07, 6.45) is 7.24. The molecule has 1 unspecified atom stereocenters. The molecule has 0 radical (unpaired) electrons. The second-order valence-corrected chi connectivity index (χ2v) is 5.88. The lowest BCUT2D eigenvalue weighted by Crippen LogP contribution is -2.65. The van der Waals surface area contributed by atoms with Gasteiger partial charge in [0.15, 0.2) is 0 Å². The van der Waals surface area contributed by atoms with Crippen LogP contribution in [0, 0.1) is 0 Å². The van der Waals surface area contributed by atoms with Crippen LogP contribution in [-0.2, 0) is 9.59 Å². The number of hydrogen-bond acceptors (Lipinski definition) is 3. The van der Waals surface area contributed by atoms with Crippen LogP contribution in [0.25, 0.3) is 0 Å². The Balaban J connectivity index is 1.74. The molecule has 5 nitrogen and oxygen atoms in total. The van der Waals surface area contributed by atoms with E-state index in [4.69, 9.17) is 0 Å². The molecule has 2 heterocycles. The van der Waals surface area contributed by atoms with Gasteiger partial charge < -0.3 is 15.1 Å². The lowest BCUT2D eigenvalue weighted by molar-refractivity contribution is -0.159. The van der Waals surface area contributed by atoms with Crippen LogP contribution >= 0.6 is 0 Å². The fraction of sp³-hybridized carbons (Fsp3) is 0.867. The molecule has 2 aliphatic heterocycles. The number of carbonyl (C=O) groups is 2. The Bertz CT molecular complexity index is 346. The highest BCUT2D eigenvalue weighted by Crippen LogP contribution is 2.15. The maximum atomic E-state index is 12.1. The average molecular weight is 281 g/mol. The van der Waals surface area contributed by atoms with E-state index < -0.39 is 0 Å². The Kier molecular flexibility index (Phi) is 5.83. The van der Waals surface area contributed by atoms with Crippen molar-refractivity contribution in [2.75, 3.05) is 32.7 Å². The fourth-order valence-electron chi connectivity index (χ4n) is 3.06. The first-order valence-corrected chi connectivity index (χ1v) is 8.04. The zero-order chi connectivity index (χ0) is 14.4. The van der Waals surface area contributed by atoms with E-state index in [1.54, 1.807) is 9.80 Å². The third-order valence-corrected chi connectivity index (χ3v) is 4.29. The highest BCUT2D eigenvalue weighted by Gasteiger charge is 2.39. The summed E-state index contributed by atoms with van der Waals surface area (Å²) in [5.41, 5.74) is 0. The average Bonchev–Trinajstić information content (AvgIpc) is 2.47. The molecule has 20 heavy (non-hydrogen) atoms. The topological polar surface area (TPSA) is 52.6 Å². The van der Waals surface area contributed by atoms with Crippen LogP contribution in [0.3, 0.4) is 0 Å². The van der Waals surface area contributed by atoms with Crippen LogP contribution in [-0.4, -0.2) is 60.4 Å². The molecule has 2 amide bonds. The van der Waals surface area contributed by atoms with E-state index in [0.717, 1.165) is 32.5 Å². The second kappa shape index (κ2) is 7.62. The summed E-state index contributed by atoms with van der Waals surface area (Å²) >= 11 is 0. The monoisotopic (exact) mass is 281 g/mol. The molecular formula is C15H27N3O2. The van der Waals surface area contributed by atoms with Gasteiger partial charge >= 0.3 is 11.8 Å². The molecule has 0 aromatic rings. The van der Waals surface area contributed by atoms with E-state index in [9.17, 15) is 9.59 Å². The SMILES string of the molecule is CCCCCCCCN1CC2CNCCN2C(=O)C1=O. The molecule has 114 valence electrons. The van der Waals surface area contributed by atoms with Gasteiger partial charge in [-0.2, -0.15) is 0 Å². The molecular weight excluding hydrogens is 254 g/mol. The predicted molar refractivity (Wildman–Crippen MR) is 78.3 cm³/mol. The minimum atomic E-state index is -0.297. The van der Waals surface area contributed by atoms with Crippen molar-refractivity contribution in [3.63, 3.8) is 0 Å². The van der Waals surface area contributed by atoms with Crippen LogP contribution in [0.5, 0.6) is 0 Å². The van der Waals surface area contributed by atoms with Gasteiger partial charge in [-0.05, 0) is 6.42 Å². The summed E-state index contributed by atoms with van der Waals surface area (Å²) in [6.45, 7) is 5.93. The fourth-order valence-corrected chi connectivity index (χ4v) is 3.06. The van der Waals surface area contributed by atoms with Crippen molar-refractivity contribution in [1.29, 1.82) is 0 Å². The number of rotatable bonds is 7. The zero-order valence-corrected chi connectivity index (χ0v) is 12.6. The van der Waals surface area contributed by atoms with Crippen molar-refractivity contribution < 1.29 is 9.59 Å². The molecule has 0 aromatic heterocycles. The normalized spacial score (nSPS) is 23.1. The molecule has 2 aliphatic rings. The molecule has 0 aliphatic carbocycles. The van der Waals surface area contributed by atoms with E-state index in [2.05, 4.69) is 12.2 Å². The van der Waals surface area contributed by atoms with Crippen molar-refractivity contribution in [2.45, 2.75) is 51.5 Å². The lowest BCUT2D eigenvalue weighted by atomic mass is 10.1. The quantitative estimate of drug-likeness (QED) is 0.559. The van der Waals surface area contributed by atoms with Gasteiger partial charge in [0.05, 0.1) is 6.04 Å². The van der Waals surface area contributed by atoms with Gasteiger partial charge in [-0.1, -0.05) is 39.0 Å². The number of hydrogen-bond donors (Lipinski definition) is 1. The lowest BCUT2D eigenvalue weighted by Gasteiger charge is -2.43. The third-order valence-electron chi connectivity index (χ3n) is 4.29. The van der Waals surface area contributed by atoms with Crippen LogP contribution in [0.2, 0.25) is 0 Å². The summed E-state index contributed by atoms with van der Waals surface area (Å²) in [4.78, 5) is 27.6. The predicted octanol–water partition coefficient (Wildman–Crippen LogP) is 0.990. The maximum absolute atomic E-state index is 12.1. The molecule has 2 saturated heterocycles. The van der Waals surface area contributed by atoms with Gasteiger partial charge in [-0.15, -0.1) is 0 Å². The third kappa shape index (κ3) is 3.72. The Morgan fingerprint density at radius 3 is 2.65 bits per heavy atom. The number of piperazine rings is 2. The molecule has 2 rings (SSSR count). The number of nitrogens with one attached hydrogen (secondary N) is 1. The summed E-state index contributed by atoms with van der Waals surface area (Å²) in [7, 11) is 0. The first kappa shape index (κ1) is 15.3. The zero-order valence-electron chi connectivity index (χ0n) is 12.6. The van der Waals surface area contributed by atoms with Gasteiger partial charge in [0.25, 0.3) is 0 Å². The van der Waals surface area contributed by atoms with Crippen molar-refractivity contribution in [1.82, 2.24) is 15.1 Å². The number of fused-ring (bicyclic) bond motifs is 1. The largest absolute Gasteiger partial charge is 0.332 e. The van der Waals surface area contributed by atoms with Crippen molar-refractivity contribution in [3.05, 3.63) is 0 Å². The molecule has 2 fully saturated rings. The van der Waals surface area contributed by atoms with Gasteiger partial charge in [-0.3, -0.25) is 9.59 Å². The van der Waals surface area contributed by atoms with Crippen LogP contribution < -0.4 is 5.32 Å². The minimum Gasteiger partial charge on any atom is -0.332 e. The smallest absolute Gasteiger partial charge is 0.312 e. The van der Waals surface area contributed by atoms with Crippen molar-refractivity contribution in [2.24, 2.45) is 0 Å². The Labute approximate surface area is 121 Å². The highest BCUT2D eigenvalue weighted by atomic mass is 16.2. The van der Waals surface area contributed by atoms with Gasteiger partial charge in [0.2, 0.25) is 0 Å². The summed E-state index contributed by atoms with van der Waals surface area (Å²) in [5, 5.41) is 3.30. The number of carbonyl (C=O) groups excluding carboxylic acids is 2. The number of amides is 2. The van der Waals surface area contributed by atoms with Crippen LogP contribution in [0.15, 0.2) is 0 Å². The minimum absolute atomic E-state index is 0.175. The maximum Gasteiger partial charge on any atom is 0.312 e. The van der Waals surface area contributed by atoms with Crippen molar-refractivity contribution >= 4 is 11.8 Å². The molecule has 0 bridgehead atoms. The van der Waals surface area contributed by atoms with Gasteiger partial charge in [0.1, 0.15) is 0 Å². The Hall–Kier alpha value is -1.10. The Morgan fingerprint density at radius 2 is 1.85 bits per heavy atom. The van der Waals surface area contributed by atoms with E-state index in [1.165, 1.54) is 25.7 Å². The number of unbranched alkanes of at least 4 members (excludes halogenated alkanes) is 5. The molecule has 1 atom stereocenters. The summed E-state index contributed by atoms with van der Waals surface area (Å²) in [6, 6.07) is 0.175. The van der Waals surface area contributed by atoms with Crippen LogP contribution in [0.1, 0.15) is 45.4 Å². The molecule has 5 heteroatoms. The van der Waals surface area contributed by atoms with Crippen molar-refractivity contribution in [3.8, 4) is 0 Å². The van der Waals surface area contributed by atoms with E-state index in [1.807, 2.05) is 0 Å². The molecule has 0 spiro atoms. The first-order chi connectivity index (χ1) is 9.74. The first-order valence-electron chi connectivity index (χ1n) is 8.04. The van der Waals surface area contributed by atoms with E-state index in [-0.39, 0.29) is 17.9 Å². The van der Waals surface area contributed by atoms with E-state index >= 15 is 0 Å². The van der Waals surface area contributed by atoms with Gasteiger partial charge in [-0.25, -0.2) is 0 Å². The summed E-state index contributed by atoms with van der Waals surface area (Å²) < 4.78 is 0. The standard InChI is InChI=1S/C15H27N3O2/c1-2-3-4-5-6-7-9-17-12-13-11-16-8-10-18(13)15(20)14(17)19/h13,16H,2-12H2,1H3. The van der Waals surface area contributed by atoms with E-state index in [0.29, 0.717) is 13.1 Å². The van der Waals surface area contributed by atoms with Crippen LogP contribution in [0.4, 0.5) is 0 Å². The second-order valence-electron chi connectivity index (χ2n) is 5.88.